The number of aromatic nitrogens is 1. The van der Waals surface area contributed by atoms with Crippen molar-refractivity contribution in [2.24, 2.45) is 4.99 Å². The smallest absolute Gasteiger partial charge is 0.261 e. The number of aryl methyl sites for hydroxylation is 1. The SMILES string of the molecule is CN=C(NCCCCN1C(=O)c2ccccc2C1=O)NC1CCN(c2ccc(C)cn2)CC1. The van der Waals surface area contributed by atoms with Gasteiger partial charge in [-0.3, -0.25) is 19.5 Å². The molecule has 33 heavy (non-hydrogen) atoms. The molecule has 2 aromatic rings. The highest BCUT2D eigenvalue weighted by Crippen LogP contribution is 2.22. The molecule has 0 saturated carbocycles. The maximum atomic E-state index is 12.4. The molecule has 0 atom stereocenters. The quantitative estimate of drug-likeness (QED) is 0.293. The van der Waals surface area contributed by atoms with E-state index in [9.17, 15) is 9.59 Å². The average molecular weight is 449 g/mol. The number of pyridine rings is 1. The fourth-order valence-corrected chi connectivity index (χ4v) is 4.33. The number of piperidine rings is 1. The number of hydrogen-bond acceptors (Lipinski definition) is 5. The summed E-state index contributed by atoms with van der Waals surface area (Å²) >= 11 is 0. The number of anilines is 1. The van der Waals surface area contributed by atoms with E-state index in [0.29, 0.717) is 23.7 Å². The maximum absolute atomic E-state index is 12.4. The second kappa shape index (κ2) is 10.5. The van der Waals surface area contributed by atoms with Gasteiger partial charge in [-0.15, -0.1) is 0 Å². The summed E-state index contributed by atoms with van der Waals surface area (Å²) in [5, 5.41) is 6.87. The van der Waals surface area contributed by atoms with E-state index in [1.165, 1.54) is 10.5 Å². The number of guanidine groups is 1. The summed E-state index contributed by atoms with van der Waals surface area (Å²) in [6.07, 6.45) is 5.55. The van der Waals surface area contributed by atoms with Crippen LogP contribution < -0.4 is 15.5 Å². The standard InChI is InChI=1S/C25H32N6O2/c1-18-9-10-22(28-17-18)30-15-11-19(12-16-30)29-25(26-2)27-13-5-6-14-31-23(32)20-7-3-4-8-21(20)24(31)33/h3-4,7-10,17,19H,5-6,11-16H2,1-2H3,(H2,26,27,29). The summed E-state index contributed by atoms with van der Waals surface area (Å²) in [4.78, 5) is 37.4. The van der Waals surface area contributed by atoms with Crippen molar-refractivity contribution in [2.45, 2.75) is 38.6 Å². The molecule has 0 aliphatic carbocycles. The minimum Gasteiger partial charge on any atom is -0.356 e. The van der Waals surface area contributed by atoms with E-state index in [0.717, 1.165) is 57.1 Å². The Hall–Kier alpha value is -3.42. The highest BCUT2D eigenvalue weighted by Gasteiger charge is 2.34. The maximum Gasteiger partial charge on any atom is 0.261 e. The number of carbonyl (C=O) groups excluding carboxylic acids is 2. The van der Waals surface area contributed by atoms with Crippen LogP contribution in [0, 0.1) is 6.92 Å². The molecule has 2 aliphatic rings. The van der Waals surface area contributed by atoms with Crippen LogP contribution in [0.4, 0.5) is 5.82 Å². The lowest BCUT2D eigenvalue weighted by atomic mass is 10.1. The van der Waals surface area contributed by atoms with Gasteiger partial charge >= 0.3 is 0 Å². The van der Waals surface area contributed by atoms with Crippen LogP contribution in [-0.2, 0) is 0 Å². The van der Waals surface area contributed by atoms with E-state index >= 15 is 0 Å². The topological polar surface area (TPSA) is 89.9 Å². The van der Waals surface area contributed by atoms with Crippen molar-refractivity contribution in [3.63, 3.8) is 0 Å². The summed E-state index contributed by atoms with van der Waals surface area (Å²) < 4.78 is 0. The molecule has 4 rings (SSSR count). The number of imide groups is 1. The van der Waals surface area contributed by atoms with Crippen molar-refractivity contribution in [2.75, 3.05) is 38.1 Å². The minimum atomic E-state index is -0.187. The molecule has 3 heterocycles. The second-order valence-electron chi connectivity index (χ2n) is 8.61. The Balaban J connectivity index is 1.15. The van der Waals surface area contributed by atoms with Crippen LogP contribution in [0.2, 0.25) is 0 Å². The van der Waals surface area contributed by atoms with Gasteiger partial charge in [-0.2, -0.15) is 0 Å². The molecule has 0 radical (unpaired) electrons. The normalized spacial score (nSPS) is 16.8. The Bertz CT molecular complexity index is 977. The number of aliphatic imine (C=N–C) groups is 1. The third-order valence-electron chi connectivity index (χ3n) is 6.26. The highest BCUT2D eigenvalue weighted by molar-refractivity contribution is 6.21. The summed E-state index contributed by atoms with van der Waals surface area (Å²) in [7, 11) is 1.78. The first-order chi connectivity index (χ1) is 16.1. The molecule has 8 nitrogen and oxygen atoms in total. The van der Waals surface area contributed by atoms with Gasteiger partial charge in [0.25, 0.3) is 11.8 Å². The van der Waals surface area contributed by atoms with E-state index in [2.05, 4.69) is 44.6 Å². The number of fused-ring (bicyclic) bond motifs is 1. The van der Waals surface area contributed by atoms with Gasteiger partial charge in [-0.05, 0) is 56.4 Å². The van der Waals surface area contributed by atoms with Crippen molar-refractivity contribution in [1.82, 2.24) is 20.5 Å². The molecular weight excluding hydrogens is 416 g/mol. The third-order valence-corrected chi connectivity index (χ3v) is 6.26. The van der Waals surface area contributed by atoms with Gasteiger partial charge in [0.05, 0.1) is 11.1 Å². The monoisotopic (exact) mass is 448 g/mol. The van der Waals surface area contributed by atoms with E-state index in [1.54, 1.807) is 31.3 Å². The van der Waals surface area contributed by atoms with E-state index in [-0.39, 0.29) is 11.8 Å². The second-order valence-corrected chi connectivity index (χ2v) is 8.61. The van der Waals surface area contributed by atoms with Crippen LogP contribution in [0.3, 0.4) is 0 Å². The molecule has 2 aliphatic heterocycles. The summed E-state index contributed by atoms with van der Waals surface area (Å²) in [6.45, 7) is 5.15. The van der Waals surface area contributed by atoms with Gasteiger partial charge in [-0.1, -0.05) is 18.2 Å². The Labute approximate surface area is 195 Å². The van der Waals surface area contributed by atoms with Gasteiger partial charge in [0.1, 0.15) is 5.82 Å². The molecule has 1 fully saturated rings. The average Bonchev–Trinajstić information content (AvgIpc) is 3.09. The minimum absolute atomic E-state index is 0.187. The number of nitrogens with zero attached hydrogens (tertiary/aromatic N) is 4. The molecule has 8 heteroatoms. The van der Waals surface area contributed by atoms with Crippen molar-refractivity contribution >= 4 is 23.6 Å². The Morgan fingerprint density at radius 3 is 2.36 bits per heavy atom. The number of benzene rings is 1. The van der Waals surface area contributed by atoms with Gasteiger partial charge in [0.2, 0.25) is 0 Å². The van der Waals surface area contributed by atoms with Crippen LogP contribution in [0.25, 0.3) is 0 Å². The predicted octanol–water partition coefficient (Wildman–Crippen LogP) is 2.60. The van der Waals surface area contributed by atoms with Crippen molar-refractivity contribution in [3.05, 3.63) is 59.3 Å². The molecular formula is C25H32N6O2. The van der Waals surface area contributed by atoms with Gasteiger partial charge in [-0.25, -0.2) is 4.98 Å². The fraction of sp³-hybridized carbons (Fsp3) is 0.440. The molecule has 0 bridgehead atoms. The first-order valence-electron chi connectivity index (χ1n) is 11.7. The van der Waals surface area contributed by atoms with E-state index < -0.39 is 0 Å². The molecule has 0 spiro atoms. The zero-order chi connectivity index (χ0) is 23.2. The van der Waals surface area contributed by atoms with Crippen LogP contribution in [0.15, 0.2) is 47.6 Å². The molecule has 1 saturated heterocycles. The van der Waals surface area contributed by atoms with Crippen LogP contribution in [0.1, 0.15) is 52.0 Å². The number of carbonyl (C=O) groups is 2. The van der Waals surface area contributed by atoms with Gasteiger partial charge in [0.15, 0.2) is 5.96 Å². The molecule has 2 N–H and O–H groups in total. The highest BCUT2D eigenvalue weighted by atomic mass is 16.2. The number of unbranched alkanes of at least 4 members (excludes halogenated alkanes) is 1. The zero-order valence-corrected chi connectivity index (χ0v) is 19.4. The summed E-state index contributed by atoms with van der Waals surface area (Å²) in [5.41, 5.74) is 2.19. The molecule has 1 aromatic carbocycles. The lowest BCUT2D eigenvalue weighted by molar-refractivity contribution is 0.0652. The lowest BCUT2D eigenvalue weighted by Crippen LogP contribution is -2.49. The number of nitrogens with one attached hydrogen (secondary N) is 2. The van der Waals surface area contributed by atoms with Gasteiger partial charge in [0, 0.05) is 45.5 Å². The largest absolute Gasteiger partial charge is 0.356 e. The summed E-state index contributed by atoms with van der Waals surface area (Å²) in [6, 6.07) is 11.6. The van der Waals surface area contributed by atoms with Crippen molar-refractivity contribution < 1.29 is 9.59 Å². The van der Waals surface area contributed by atoms with E-state index in [1.807, 2.05) is 6.20 Å². The zero-order valence-electron chi connectivity index (χ0n) is 19.4. The predicted molar refractivity (Wildman–Crippen MR) is 130 cm³/mol. The first kappa shape index (κ1) is 22.8. The number of hydrogen-bond donors (Lipinski definition) is 2. The van der Waals surface area contributed by atoms with E-state index in [4.69, 9.17) is 0 Å². The molecule has 0 unspecified atom stereocenters. The Kier molecular flexibility index (Phi) is 7.22. The Morgan fingerprint density at radius 1 is 1.06 bits per heavy atom. The first-order valence-corrected chi connectivity index (χ1v) is 11.7. The van der Waals surface area contributed by atoms with Crippen molar-refractivity contribution in [3.8, 4) is 0 Å². The molecule has 174 valence electrons. The van der Waals surface area contributed by atoms with Gasteiger partial charge < -0.3 is 15.5 Å². The van der Waals surface area contributed by atoms with Crippen LogP contribution in [-0.4, -0.2) is 66.9 Å². The number of amides is 2. The third kappa shape index (κ3) is 5.32. The fourth-order valence-electron chi connectivity index (χ4n) is 4.33. The molecule has 2 amide bonds. The molecule has 1 aromatic heterocycles. The summed E-state index contributed by atoms with van der Waals surface area (Å²) in [5.74, 6) is 1.46. The Morgan fingerprint density at radius 2 is 1.76 bits per heavy atom. The van der Waals surface area contributed by atoms with Crippen LogP contribution in [0.5, 0.6) is 0 Å². The lowest BCUT2D eigenvalue weighted by Gasteiger charge is -2.33. The van der Waals surface area contributed by atoms with Crippen LogP contribution >= 0.6 is 0 Å². The number of rotatable bonds is 7. The van der Waals surface area contributed by atoms with Crippen molar-refractivity contribution in [1.29, 1.82) is 0 Å².